The van der Waals surface area contributed by atoms with Crippen molar-refractivity contribution in [3.63, 3.8) is 0 Å². The van der Waals surface area contributed by atoms with Gasteiger partial charge in [-0.1, -0.05) is 18.2 Å². The van der Waals surface area contributed by atoms with Gasteiger partial charge in [-0.25, -0.2) is 0 Å². The first-order valence-electron chi connectivity index (χ1n) is 3.82. The molecule has 1 aromatic heterocycles. The number of pyridine rings is 1. The van der Waals surface area contributed by atoms with Crippen LogP contribution in [0.2, 0.25) is 0 Å². The highest BCUT2D eigenvalue weighted by molar-refractivity contribution is 7.80. The molecule has 0 aliphatic heterocycles. The first-order valence-corrected chi connectivity index (χ1v) is 4.27. The van der Waals surface area contributed by atoms with Crippen molar-refractivity contribution in [2.75, 3.05) is 0 Å². The molecule has 0 aliphatic carbocycles. The Hall–Kier alpha value is -1.02. The molecule has 0 unspecified atom stereocenters. The molecule has 2 rings (SSSR count). The van der Waals surface area contributed by atoms with Crippen LogP contribution >= 0.6 is 12.6 Å². The number of hydrogen-bond acceptors (Lipinski definition) is 2. The normalized spacial score (nSPS) is 10.5. The largest absolute Gasteiger partial charge is 0.255 e. The topological polar surface area (TPSA) is 12.9 Å². The lowest BCUT2D eigenvalue weighted by molar-refractivity contribution is 1.29. The summed E-state index contributed by atoms with van der Waals surface area (Å²) in [5.74, 6) is 0. The van der Waals surface area contributed by atoms with E-state index in [4.69, 9.17) is 0 Å². The first-order chi connectivity index (χ1) is 5.79. The van der Waals surface area contributed by atoms with Crippen LogP contribution in [-0.4, -0.2) is 4.98 Å². The predicted molar refractivity (Wildman–Crippen MR) is 53.7 cm³/mol. The highest BCUT2D eigenvalue weighted by Crippen LogP contribution is 2.22. The Kier molecular flexibility index (Phi) is 1.77. The molecule has 0 fully saturated rings. The molecule has 0 aliphatic rings. The van der Waals surface area contributed by atoms with E-state index in [-0.39, 0.29) is 0 Å². The quantitative estimate of drug-likeness (QED) is 0.607. The minimum Gasteiger partial charge on any atom is -0.255 e. The van der Waals surface area contributed by atoms with E-state index in [1.165, 1.54) is 5.56 Å². The van der Waals surface area contributed by atoms with Gasteiger partial charge in [0.15, 0.2) is 0 Å². The van der Waals surface area contributed by atoms with E-state index in [1.807, 2.05) is 19.1 Å². The number of aromatic nitrogens is 1. The van der Waals surface area contributed by atoms with Crippen molar-refractivity contribution in [2.45, 2.75) is 11.8 Å². The lowest BCUT2D eigenvalue weighted by atomic mass is 10.1. The van der Waals surface area contributed by atoms with Crippen LogP contribution in [0.4, 0.5) is 0 Å². The van der Waals surface area contributed by atoms with Gasteiger partial charge in [-0.2, -0.15) is 0 Å². The van der Waals surface area contributed by atoms with Crippen LogP contribution in [-0.2, 0) is 0 Å². The Bertz CT molecular complexity index is 423. The molecule has 0 amide bonds. The maximum atomic E-state index is 4.40. The van der Waals surface area contributed by atoms with Crippen molar-refractivity contribution in [3.8, 4) is 0 Å². The fourth-order valence-electron chi connectivity index (χ4n) is 1.23. The first kappa shape index (κ1) is 7.62. The molecular weight excluding hydrogens is 166 g/mol. The Morgan fingerprint density at radius 2 is 2.08 bits per heavy atom. The van der Waals surface area contributed by atoms with Gasteiger partial charge in [0.2, 0.25) is 0 Å². The van der Waals surface area contributed by atoms with Crippen LogP contribution in [0.15, 0.2) is 35.4 Å². The zero-order chi connectivity index (χ0) is 8.55. The van der Waals surface area contributed by atoms with E-state index in [0.717, 1.165) is 15.8 Å². The minimum atomic E-state index is 0.980. The van der Waals surface area contributed by atoms with Gasteiger partial charge in [0.05, 0.1) is 5.52 Å². The molecule has 0 radical (unpaired) electrons. The van der Waals surface area contributed by atoms with Gasteiger partial charge in [-0.3, -0.25) is 4.98 Å². The summed E-state index contributed by atoms with van der Waals surface area (Å²) >= 11 is 4.40. The average Bonchev–Trinajstić information content (AvgIpc) is 2.12. The summed E-state index contributed by atoms with van der Waals surface area (Å²) in [6, 6.07) is 8.11. The van der Waals surface area contributed by atoms with Gasteiger partial charge in [0.25, 0.3) is 0 Å². The van der Waals surface area contributed by atoms with Gasteiger partial charge in [-0.15, -0.1) is 12.6 Å². The monoisotopic (exact) mass is 175 g/mol. The van der Waals surface area contributed by atoms with E-state index in [1.54, 1.807) is 6.20 Å². The Balaban J connectivity index is 2.91. The molecule has 0 bridgehead atoms. The van der Waals surface area contributed by atoms with Crippen molar-refractivity contribution >= 4 is 23.5 Å². The van der Waals surface area contributed by atoms with Crippen LogP contribution in [0.3, 0.4) is 0 Å². The summed E-state index contributed by atoms with van der Waals surface area (Å²) in [6.45, 7) is 2.04. The van der Waals surface area contributed by atoms with Crippen molar-refractivity contribution < 1.29 is 0 Å². The molecule has 0 saturated carbocycles. The molecule has 0 atom stereocenters. The predicted octanol–water partition coefficient (Wildman–Crippen LogP) is 2.83. The van der Waals surface area contributed by atoms with Crippen LogP contribution in [0.5, 0.6) is 0 Å². The van der Waals surface area contributed by atoms with Gasteiger partial charge in [0.1, 0.15) is 0 Å². The summed E-state index contributed by atoms with van der Waals surface area (Å²) in [6.07, 6.45) is 1.79. The molecule has 2 heteroatoms. The van der Waals surface area contributed by atoms with Gasteiger partial charge >= 0.3 is 0 Å². The fraction of sp³-hybridized carbons (Fsp3) is 0.100. The van der Waals surface area contributed by atoms with Gasteiger partial charge in [0, 0.05) is 16.5 Å². The lowest BCUT2D eigenvalue weighted by Gasteiger charge is -2.02. The van der Waals surface area contributed by atoms with Crippen molar-refractivity contribution in [2.24, 2.45) is 0 Å². The second-order valence-corrected chi connectivity index (χ2v) is 3.25. The SMILES string of the molecule is Cc1ccc2cccnc2c1S. The third kappa shape index (κ3) is 1.08. The smallest absolute Gasteiger partial charge is 0.0837 e. The lowest BCUT2D eigenvalue weighted by Crippen LogP contribution is -1.82. The molecule has 0 spiro atoms. The minimum absolute atomic E-state index is 0.980. The summed E-state index contributed by atoms with van der Waals surface area (Å²) < 4.78 is 0. The van der Waals surface area contributed by atoms with E-state index in [2.05, 4.69) is 29.7 Å². The van der Waals surface area contributed by atoms with E-state index in [0.29, 0.717) is 0 Å². The van der Waals surface area contributed by atoms with E-state index in [9.17, 15) is 0 Å². The zero-order valence-corrected chi connectivity index (χ0v) is 7.68. The van der Waals surface area contributed by atoms with Crippen molar-refractivity contribution in [1.29, 1.82) is 0 Å². The van der Waals surface area contributed by atoms with E-state index < -0.39 is 0 Å². The van der Waals surface area contributed by atoms with Gasteiger partial charge < -0.3 is 0 Å². The van der Waals surface area contributed by atoms with Crippen LogP contribution < -0.4 is 0 Å². The second kappa shape index (κ2) is 2.79. The highest BCUT2D eigenvalue weighted by atomic mass is 32.1. The Morgan fingerprint density at radius 3 is 2.92 bits per heavy atom. The number of rotatable bonds is 0. The molecule has 0 saturated heterocycles. The Labute approximate surface area is 76.9 Å². The second-order valence-electron chi connectivity index (χ2n) is 2.81. The maximum Gasteiger partial charge on any atom is 0.0837 e. The molecule has 1 heterocycles. The number of aryl methyl sites for hydroxylation is 1. The highest BCUT2D eigenvalue weighted by Gasteiger charge is 1.99. The van der Waals surface area contributed by atoms with Crippen LogP contribution in [0, 0.1) is 6.92 Å². The number of nitrogens with zero attached hydrogens (tertiary/aromatic N) is 1. The molecule has 60 valence electrons. The number of fused-ring (bicyclic) bond motifs is 1. The maximum absolute atomic E-state index is 4.40. The van der Waals surface area contributed by atoms with E-state index >= 15 is 0 Å². The molecule has 1 aromatic carbocycles. The fourth-order valence-corrected chi connectivity index (χ4v) is 1.49. The van der Waals surface area contributed by atoms with Crippen molar-refractivity contribution in [3.05, 3.63) is 36.0 Å². The standard InChI is InChI=1S/C10H9NS/c1-7-4-5-8-3-2-6-11-9(8)10(7)12/h2-6,12H,1H3. The summed E-state index contributed by atoms with van der Waals surface area (Å²) in [5.41, 5.74) is 2.16. The third-order valence-corrected chi connectivity index (χ3v) is 2.51. The number of hydrogen-bond donors (Lipinski definition) is 1. The van der Waals surface area contributed by atoms with Crippen LogP contribution in [0.25, 0.3) is 10.9 Å². The molecule has 0 N–H and O–H groups in total. The average molecular weight is 175 g/mol. The third-order valence-electron chi connectivity index (χ3n) is 1.95. The number of benzene rings is 1. The van der Waals surface area contributed by atoms with Crippen molar-refractivity contribution in [1.82, 2.24) is 4.98 Å². The zero-order valence-electron chi connectivity index (χ0n) is 6.78. The molecular formula is C10H9NS. The summed E-state index contributed by atoms with van der Waals surface area (Å²) in [7, 11) is 0. The molecule has 2 aromatic rings. The summed E-state index contributed by atoms with van der Waals surface area (Å²) in [4.78, 5) is 5.24. The summed E-state index contributed by atoms with van der Waals surface area (Å²) in [5, 5.41) is 1.15. The van der Waals surface area contributed by atoms with Gasteiger partial charge in [-0.05, 0) is 18.6 Å². The van der Waals surface area contributed by atoms with Crippen LogP contribution in [0.1, 0.15) is 5.56 Å². The number of thiol groups is 1. The Morgan fingerprint density at radius 1 is 1.25 bits per heavy atom. The molecule has 1 nitrogen and oxygen atoms in total. The molecule has 12 heavy (non-hydrogen) atoms.